The van der Waals surface area contributed by atoms with Crippen LogP contribution in [0.3, 0.4) is 0 Å². The molecule has 0 bridgehead atoms. The second-order valence-corrected chi connectivity index (χ2v) is 5.69. The van der Waals surface area contributed by atoms with E-state index in [1.165, 1.54) is 5.56 Å². The summed E-state index contributed by atoms with van der Waals surface area (Å²) in [6.07, 6.45) is 2.09. The highest BCUT2D eigenvalue weighted by molar-refractivity contribution is 5.79. The van der Waals surface area contributed by atoms with Crippen molar-refractivity contribution in [3.63, 3.8) is 0 Å². The maximum Gasteiger partial charge on any atom is 0.193 e. The van der Waals surface area contributed by atoms with Crippen LogP contribution in [0, 0.1) is 5.92 Å². The standard InChI is InChI=1S/C17H27N3O2/c1-18-17(20(2)12-15-8-10-22-13-15)19-9-7-14-5-4-6-16(11-14)21-3/h4-6,11,15H,7-10,12-13H2,1-3H3,(H,18,19). The van der Waals surface area contributed by atoms with Crippen molar-refractivity contribution in [3.05, 3.63) is 29.8 Å². The van der Waals surface area contributed by atoms with Crippen LogP contribution >= 0.6 is 0 Å². The first kappa shape index (κ1) is 16.6. The van der Waals surface area contributed by atoms with Gasteiger partial charge in [0.1, 0.15) is 5.75 Å². The van der Waals surface area contributed by atoms with Crippen molar-refractivity contribution in [1.82, 2.24) is 10.2 Å². The number of hydrogen-bond donors (Lipinski definition) is 1. The highest BCUT2D eigenvalue weighted by Crippen LogP contribution is 2.14. The number of rotatable bonds is 6. The zero-order valence-corrected chi connectivity index (χ0v) is 13.8. The fourth-order valence-electron chi connectivity index (χ4n) is 2.73. The molecule has 1 aliphatic heterocycles. The van der Waals surface area contributed by atoms with E-state index in [4.69, 9.17) is 9.47 Å². The molecule has 5 nitrogen and oxygen atoms in total. The lowest BCUT2D eigenvalue weighted by Crippen LogP contribution is -2.42. The minimum absolute atomic E-state index is 0.613. The maximum atomic E-state index is 5.43. The van der Waals surface area contributed by atoms with E-state index < -0.39 is 0 Å². The molecule has 0 aromatic heterocycles. The van der Waals surface area contributed by atoms with E-state index in [-0.39, 0.29) is 0 Å². The van der Waals surface area contributed by atoms with Crippen LogP contribution in [-0.4, -0.2) is 58.4 Å². The van der Waals surface area contributed by atoms with Crippen molar-refractivity contribution < 1.29 is 9.47 Å². The molecule has 1 N–H and O–H groups in total. The van der Waals surface area contributed by atoms with E-state index in [9.17, 15) is 0 Å². The van der Waals surface area contributed by atoms with Crippen LogP contribution in [0.2, 0.25) is 0 Å². The third-order valence-electron chi connectivity index (χ3n) is 3.96. The minimum Gasteiger partial charge on any atom is -0.497 e. The number of nitrogens with zero attached hydrogens (tertiary/aromatic N) is 2. The van der Waals surface area contributed by atoms with Crippen LogP contribution < -0.4 is 10.1 Å². The Morgan fingerprint density at radius 1 is 1.50 bits per heavy atom. The molecule has 1 atom stereocenters. The Morgan fingerprint density at radius 3 is 3.05 bits per heavy atom. The Bertz CT molecular complexity index is 485. The number of methoxy groups -OCH3 is 1. The lowest BCUT2D eigenvalue weighted by Gasteiger charge is -2.24. The molecule has 1 aromatic carbocycles. The quantitative estimate of drug-likeness (QED) is 0.643. The van der Waals surface area contributed by atoms with Gasteiger partial charge < -0.3 is 19.7 Å². The van der Waals surface area contributed by atoms with Gasteiger partial charge in [0.2, 0.25) is 0 Å². The summed E-state index contributed by atoms with van der Waals surface area (Å²) < 4.78 is 10.7. The van der Waals surface area contributed by atoms with Gasteiger partial charge in [-0.15, -0.1) is 0 Å². The number of nitrogens with one attached hydrogen (secondary N) is 1. The van der Waals surface area contributed by atoms with Gasteiger partial charge in [-0.05, 0) is 30.5 Å². The predicted octanol–water partition coefficient (Wildman–Crippen LogP) is 1.78. The molecular formula is C17H27N3O2. The van der Waals surface area contributed by atoms with Crippen LogP contribution in [0.4, 0.5) is 0 Å². The Hall–Kier alpha value is -1.75. The second-order valence-electron chi connectivity index (χ2n) is 5.69. The number of guanidine groups is 1. The van der Waals surface area contributed by atoms with Gasteiger partial charge in [-0.25, -0.2) is 0 Å². The molecular weight excluding hydrogens is 278 g/mol. The van der Waals surface area contributed by atoms with Crippen LogP contribution in [0.15, 0.2) is 29.3 Å². The Labute approximate surface area is 133 Å². The summed E-state index contributed by atoms with van der Waals surface area (Å²) in [5.74, 6) is 2.46. The number of benzene rings is 1. The first-order valence-corrected chi connectivity index (χ1v) is 7.85. The zero-order valence-electron chi connectivity index (χ0n) is 13.8. The Balaban J connectivity index is 1.77. The van der Waals surface area contributed by atoms with Crippen molar-refractivity contribution in [3.8, 4) is 5.75 Å². The minimum atomic E-state index is 0.613. The zero-order chi connectivity index (χ0) is 15.8. The fraction of sp³-hybridized carbons (Fsp3) is 0.588. The van der Waals surface area contributed by atoms with Crippen molar-refractivity contribution in [2.45, 2.75) is 12.8 Å². The molecule has 1 aromatic rings. The summed E-state index contributed by atoms with van der Waals surface area (Å²) in [5.41, 5.74) is 1.26. The first-order chi connectivity index (χ1) is 10.7. The van der Waals surface area contributed by atoms with E-state index in [1.807, 2.05) is 19.2 Å². The fourth-order valence-corrected chi connectivity index (χ4v) is 2.73. The summed E-state index contributed by atoms with van der Waals surface area (Å²) in [5, 5.41) is 3.42. The van der Waals surface area contributed by atoms with E-state index >= 15 is 0 Å². The third-order valence-corrected chi connectivity index (χ3v) is 3.96. The smallest absolute Gasteiger partial charge is 0.193 e. The molecule has 5 heteroatoms. The highest BCUT2D eigenvalue weighted by atomic mass is 16.5. The molecule has 0 aliphatic carbocycles. The molecule has 2 rings (SSSR count). The van der Waals surface area contributed by atoms with Gasteiger partial charge in [-0.2, -0.15) is 0 Å². The second kappa shape index (κ2) is 8.63. The van der Waals surface area contributed by atoms with Crippen molar-refractivity contribution in [2.24, 2.45) is 10.9 Å². The molecule has 0 amide bonds. The summed E-state index contributed by atoms with van der Waals surface area (Å²) in [7, 11) is 5.61. The van der Waals surface area contributed by atoms with Gasteiger partial charge in [0.25, 0.3) is 0 Å². The Kier molecular flexibility index (Phi) is 6.52. The average molecular weight is 305 g/mol. The molecule has 1 saturated heterocycles. The topological polar surface area (TPSA) is 46.1 Å². The number of hydrogen-bond acceptors (Lipinski definition) is 3. The number of aliphatic imine (C=N–C) groups is 1. The van der Waals surface area contributed by atoms with Crippen LogP contribution in [0.25, 0.3) is 0 Å². The summed E-state index contributed by atoms with van der Waals surface area (Å²) in [6, 6.07) is 8.18. The van der Waals surface area contributed by atoms with E-state index in [0.717, 1.165) is 50.9 Å². The molecule has 122 valence electrons. The van der Waals surface area contributed by atoms with Gasteiger partial charge in [-0.3, -0.25) is 4.99 Å². The molecule has 0 spiro atoms. The van der Waals surface area contributed by atoms with Crippen LogP contribution in [0.1, 0.15) is 12.0 Å². The normalized spacial score (nSPS) is 18.3. The predicted molar refractivity (Wildman–Crippen MR) is 89.6 cm³/mol. The SMILES string of the molecule is CN=C(NCCc1cccc(OC)c1)N(C)CC1CCOC1. The molecule has 22 heavy (non-hydrogen) atoms. The van der Waals surface area contributed by atoms with Crippen LogP contribution in [-0.2, 0) is 11.2 Å². The third kappa shape index (κ3) is 4.91. The maximum absolute atomic E-state index is 5.43. The molecule has 1 heterocycles. The summed E-state index contributed by atoms with van der Waals surface area (Å²) in [6.45, 7) is 3.59. The molecule has 0 radical (unpaired) electrons. The lowest BCUT2D eigenvalue weighted by molar-refractivity contribution is 0.181. The highest BCUT2D eigenvalue weighted by Gasteiger charge is 2.18. The monoisotopic (exact) mass is 305 g/mol. The van der Waals surface area contributed by atoms with E-state index in [2.05, 4.69) is 34.4 Å². The van der Waals surface area contributed by atoms with Gasteiger partial charge in [0.05, 0.1) is 13.7 Å². The van der Waals surface area contributed by atoms with Gasteiger partial charge in [-0.1, -0.05) is 12.1 Å². The molecule has 1 aliphatic rings. The largest absolute Gasteiger partial charge is 0.497 e. The molecule has 1 fully saturated rings. The van der Waals surface area contributed by atoms with Crippen molar-refractivity contribution >= 4 is 5.96 Å². The van der Waals surface area contributed by atoms with E-state index in [1.54, 1.807) is 7.11 Å². The summed E-state index contributed by atoms with van der Waals surface area (Å²) in [4.78, 5) is 6.55. The van der Waals surface area contributed by atoms with Crippen LogP contribution in [0.5, 0.6) is 5.75 Å². The molecule has 1 unspecified atom stereocenters. The van der Waals surface area contributed by atoms with E-state index in [0.29, 0.717) is 5.92 Å². The Morgan fingerprint density at radius 2 is 2.36 bits per heavy atom. The van der Waals surface area contributed by atoms with Crippen molar-refractivity contribution in [2.75, 3.05) is 47.5 Å². The van der Waals surface area contributed by atoms with Gasteiger partial charge in [0.15, 0.2) is 5.96 Å². The molecule has 0 saturated carbocycles. The average Bonchev–Trinajstić information content (AvgIpc) is 3.04. The van der Waals surface area contributed by atoms with Crippen molar-refractivity contribution in [1.29, 1.82) is 0 Å². The van der Waals surface area contributed by atoms with Gasteiger partial charge in [0, 0.05) is 39.7 Å². The first-order valence-electron chi connectivity index (χ1n) is 7.85. The van der Waals surface area contributed by atoms with Gasteiger partial charge >= 0.3 is 0 Å². The summed E-state index contributed by atoms with van der Waals surface area (Å²) >= 11 is 0. The lowest BCUT2D eigenvalue weighted by atomic mass is 10.1. The number of ether oxygens (including phenoxy) is 2.